The molecule has 0 aliphatic heterocycles. The van der Waals surface area contributed by atoms with E-state index in [0.29, 0.717) is 15.6 Å². The molecule has 0 aromatic heterocycles. The smallest absolute Gasteiger partial charge is 0.258 e. The summed E-state index contributed by atoms with van der Waals surface area (Å²) in [6.45, 7) is 0. The molecule has 0 atom stereocenters. The fourth-order valence-corrected chi connectivity index (χ4v) is 2.95. The average molecular weight is 379 g/mol. The van der Waals surface area contributed by atoms with Crippen LogP contribution < -0.4 is 0 Å². The molecule has 3 rings (SSSR count). The second-order valence-corrected chi connectivity index (χ2v) is 6.02. The zero-order valence-corrected chi connectivity index (χ0v) is 14.0. The fourth-order valence-electron chi connectivity index (χ4n) is 2.56. The van der Waals surface area contributed by atoms with Crippen molar-refractivity contribution in [1.82, 2.24) is 0 Å². The third-order valence-corrected chi connectivity index (χ3v) is 4.35. The molecule has 0 amide bonds. The van der Waals surface area contributed by atoms with Gasteiger partial charge in [-0.25, -0.2) is 0 Å². The molecule has 0 unspecified atom stereocenters. The van der Waals surface area contributed by atoms with E-state index < -0.39 is 4.92 Å². The van der Waals surface area contributed by atoms with E-state index in [0.717, 1.165) is 16.3 Å². The van der Waals surface area contributed by atoms with E-state index in [9.17, 15) is 15.4 Å². The van der Waals surface area contributed by atoms with Crippen molar-refractivity contribution in [2.45, 2.75) is 0 Å². The van der Waals surface area contributed by atoms with Crippen LogP contribution in [0.2, 0.25) is 0 Å². The Hall–Kier alpha value is -2.97. The van der Waals surface area contributed by atoms with Gasteiger partial charge in [0.15, 0.2) is 0 Å². The van der Waals surface area contributed by atoms with Crippen LogP contribution in [0, 0.1) is 21.4 Å². The van der Waals surface area contributed by atoms with Crippen LogP contribution in [0.3, 0.4) is 0 Å². The normalized spacial score (nSPS) is 11.2. The molecule has 0 fully saturated rings. The molecule has 0 saturated carbocycles. The Morgan fingerprint density at radius 3 is 2.62 bits per heavy atom. The zero-order chi connectivity index (χ0) is 17.1. The molecular formula is C19H11BrN2O2. The van der Waals surface area contributed by atoms with Gasteiger partial charge in [-0.15, -0.1) is 0 Å². The lowest BCUT2D eigenvalue weighted by atomic mass is 9.97. The number of nitro groups is 1. The van der Waals surface area contributed by atoms with Crippen LogP contribution >= 0.6 is 15.9 Å². The molecule has 0 saturated heterocycles. The van der Waals surface area contributed by atoms with Gasteiger partial charge in [0, 0.05) is 11.6 Å². The number of allylic oxidation sites excluding steroid dienone is 1. The molecule has 0 bridgehead atoms. The molecule has 0 spiro atoms. The first-order valence-corrected chi connectivity index (χ1v) is 7.93. The number of halogens is 1. The lowest BCUT2D eigenvalue weighted by molar-refractivity contribution is -0.385. The highest BCUT2D eigenvalue weighted by molar-refractivity contribution is 9.10. The van der Waals surface area contributed by atoms with Gasteiger partial charge >= 0.3 is 0 Å². The first-order valence-electron chi connectivity index (χ1n) is 7.14. The van der Waals surface area contributed by atoms with Crippen molar-refractivity contribution >= 4 is 44.0 Å². The Kier molecular flexibility index (Phi) is 4.41. The van der Waals surface area contributed by atoms with Crippen molar-refractivity contribution in [2.75, 3.05) is 0 Å². The SMILES string of the molecule is N#C/C(=C\c1ccc(Br)c([N+](=O)[O-])c1)c1cccc2ccccc12. The van der Waals surface area contributed by atoms with Crippen LogP contribution in [0.5, 0.6) is 0 Å². The van der Waals surface area contributed by atoms with Crippen LogP contribution in [-0.4, -0.2) is 4.92 Å². The van der Waals surface area contributed by atoms with E-state index in [1.54, 1.807) is 18.2 Å². The third kappa shape index (κ3) is 3.05. The number of hydrogen-bond donors (Lipinski definition) is 0. The van der Waals surface area contributed by atoms with Crippen molar-refractivity contribution in [3.8, 4) is 6.07 Å². The number of benzene rings is 3. The minimum atomic E-state index is -0.453. The molecule has 0 radical (unpaired) electrons. The molecule has 24 heavy (non-hydrogen) atoms. The number of nitrogens with zero attached hydrogens (tertiary/aromatic N) is 2. The molecule has 0 aliphatic carbocycles. The van der Waals surface area contributed by atoms with Crippen molar-refractivity contribution in [3.05, 3.63) is 86.4 Å². The maximum absolute atomic E-state index is 11.1. The summed E-state index contributed by atoms with van der Waals surface area (Å²) in [6.07, 6.45) is 1.67. The molecule has 0 heterocycles. The summed E-state index contributed by atoms with van der Waals surface area (Å²) in [4.78, 5) is 10.6. The number of fused-ring (bicyclic) bond motifs is 1. The summed E-state index contributed by atoms with van der Waals surface area (Å²) in [7, 11) is 0. The van der Waals surface area contributed by atoms with Crippen molar-refractivity contribution < 1.29 is 4.92 Å². The monoisotopic (exact) mass is 378 g/mol. The largest absolute Gasteiger partial charge is 0.284 e. The van der Waals surface area contributed by atoms with Gasteiger partial charge < -0.3 is 0 Å². The maximum Gasteiger partial charge on any atom is 0.284 e. The summed E-state index contributed by atoms with van der Waals surface area (Å²) in [6, 6.07) is 20.6. The van der Waals surface area contributed by atoms with Crippen LogP contribution in [0.15, 0.2) is 65.1 Å². The molecule has 3 aromatic carbocycles. The van der Waals surface area contributed by atoms with Crippen LogP contribution in [-0.2, 0) is 0 Å². The van der Waals surface area contributed by atoms with Gasteiger partial charge in [-0.1, -0.05) is 48.5 Å². The Balaban J connectivity index is 2.15. The molecule has 116 valence electrons. The van der Waals surface area contributed by atoms with Gasteiger partial charge in [-0.05, 0) is 44.4 Å². The van der Waals surface area contributed by atoms with Crippen molar-refractivity contribution in [2.24, 2.45) is 0 Å². The average Bonchev–Trinajstić information content (AvgIpc) is 2.60. The Morgan fingerprint density at radius 1 is 1.12 bits per heavy atom. The molecular weight excluding hydrogens is 368 g/mol. The topological polar surface area (TPSA) is 66.9 Å². The molecule has 5 heteroatoms. The number of nitro benzene ring substituents is 1. The standard InChI is InChI=1S/C19H11BrN2O2/c20-18-9-8-13(11-19(18)22(23)24)10-15(12-21)17-7-3-5-14-4-1-2-6-16(14)17/h1-11H/b15-10+. The van der Waals surface area contributed by atoms with E-state index in [4.69, 9.17) is 0 Å². The Labute approximate surface area is 146 Å². The van der Waals surface area contributed by atoms with Gasteiger partial charge in [0.2, 0.25) is 0 Å². The second-order valence-electron chi connectivity index (χ2n) is 5.16. The highest BCUT2D eigenvalue weighted by Crippen LogP contribution is 2.29. The van der Waals surface area contributed by atoms with Gasteiger partial charge in [-0.2, -0.15) is 5.26 Å². The number of rotatable bonds is 3. The quantitative estimate of drug-likeness (QED) is 0.258. The van der Waals surface area contributed by atoms with E-state index in [1.165, 1.54) is 6.07 Å². The van der Waals surface area contributed by atoms with E-state index in [2.05, 4.69) is 22.0 Å². The van der Waals surface area contributed by atoms with Gasteiger partial charge in [0.25, 0.3) is 5.69 Å². The third-order valence-electron chi connectivity index (χ3n) is 3.68. The number of hydrogen-bond acceptors (Lipinski definition) is 3. The van der Waals surface area contributed by atoms with Crippen molar-refractivity contribution in [1.29, 1.82) is 5.26 Å². The minimum absolute atomic E-state index is 0.0287. The summed E-state index contributed by atoms with van der Waals surface area (Å²) < 4.78 is 0.410. The first kappa shape index (κ1) is 15.9. The van der Waals surface area contributed by atoms with Gasteiger partial charge in [0.05, 0.1) is 21.0 Å². The van der Waals surface area contributed by atoms with E-state index in [1.807, 2.05) is 42.5 Å². The van der Waals surface area contributed by atoms with Crippen LogP contribution in [0.4, 0.5) is 5.69 Å². The molecule has 4 nitrogen and oxygen atoms in total. The van der Waals surface area contributed by atoms with Gasteiger partial charge in [0.1, 0.15) is 0 Å². The summed E-state index contributed by atoms with van der Waals surface area (Å²) in [5.74, 6) is 0. The molecule has 0 aliphatic rings. The van der Waals surface area contributed by atoms with Crippen LogP contribution in [0.25, 0.3) is 22.4 Å². The minimum Gasteiger partial charge on any atom is -0.258 e. The van der Waals surface area contributed by atoms with E-state index in [-0.39, 0.29) is 5.69 Å². The molecule has 0 N–H and O–H groups in total. The predicted octanol–water partition coefficient (Wildman–Crippen LogP) is 5.57. The van der Waals surface area contributed by atoms with Gasteiger partial charge in [-0.3, -0.25) is 10.1 Å². The zero-order valence-electron chi connectivity index (χ0n) is 12.4. The summed E-state index contributed by atoms with van der Waals surface area (Å²) in [5.41, 5.74) is 1.85. The summed E-state index contributed by atoms with van der Waals surface area (Å²) in [5, 5.41) is 22.6. The maximum atomic E-state index is 11.1. The first-order chi connectivity index (χ1) is 11.6. The number of nitriles is 1. The second kappa shape index (κ2) is 6.65. The fraction of sp³-hybridized carbons (Fsp3) is 0. The van der Waals surface area contributed by atoms with Crippen molar-refractivity contribution in [3.63, 3.8) is 0 Å². The Bertz CT molecular complexity index is 1010. The lowest BCUT2D eigenvalue weighted by Crippen LogP contribution is -1.90. The highest BCUT2D eigenvalue weighted by atomic mass is 79.9. The molecule has 3 aromatic rings. The van der Waals surface area contributed by atoms with Crippen LogP contribution in [0.1, 0.15) is 11.1 Å². The predicted molar refractivity (Wildman–Crippen MR) is 98.2 cm³/mol. The lowest BCUT2D eigenvalue weighted by Gasteiger charge is -2.06. The van der Waals surface area contributed by atoms with E-state index >= 15 is 0 Å². The summed E-state index contributed by atoms with van der Waals surface area (Å²) >= 11 is 3.16. The Morgan fingerprint density at radius 2 is 1.88 bits per heavy atom. The highest BCUT2D eigenvalue weighted by Gasteiger charge is 2.12.